The summed E-state index contributed by atoms with van der Waals surface area (Å²) in [5, 5.41) is 0. The van der Waals surface area contributed by atoms with E-state index in [9.17, 15) is 4.79 Å². The van der Waals surface area contributed by atoms with Crippen molar-refractivity contribution in [3.63, 3.8) is 0 Å². The van der Waals surface area contributed by atoms with Gasteiger partial charge < -0.3 is 0 Å². The van der Waals surface area contributed by atoms with Gasteiger partial charge in [0.25, 0.3) is 0 Å². The first kappa shape index (κ1) is 12.9. The van der Waals surface area contributed by atoms with E-state index in [0.717, 1.165) is 12.0 Å². The van der Waals surface area contributed by atoms with Crippen LogP contribution in [0.2, 0.25) is 0 Å². The van der Waals surface area contributed by atoms with E-state index >= 15 is 0 Å². The molecule has 0 aliphatic heterocycles. The van der Waals surface area contributed by atoms with Crippen molar-refractivity contribution in [2.24, 2.45) is 0 Å². The summed E-state index contributed by atoms with van der Waals surface area (Å²) in [5.41, 5.74) is 2.45. The molecule has 0 radical (unpaired) electrons. The maximum atomic E-state index is 10.8. The van der Waals surface area contributed by atoms with Gasteiger partial charge in [-0.1, -0.05) is 43.7 Å². The maximum absolute atomic E-state index is 10.8. The average Bonchev–Trinajstić information content (AvgIpc) is 2.34. The molecule has 0 aromatic heterocycles. The summed E-state index contributed by atoms with van der Waals surface area (Å²) in [7, 11) is 0. The normalized spacial score (nSPS) is 14.6. The van der Waals surface area contributed by atoms with E-state index < -0.39 is 0 Å². The van der Waals surface area contributed by atoms with Gasteiger partial charge >= 0.3 is 0 Å². The summed E-state index contributed by atoms with van der Waals surface area (Å²) in [6, 6.07) is 0. The fourth-order valence-electron chi connectivity index (χ4n) is 1.17. The lowest BCUT2D eigenvalue weighted by atomic mass is 10.1. The first-order valence-corrected chi connectivity index (χ1v) is 5.21. The van der Waals surface area contributed by atoms with Crippen molar-refractivity contribution >= 4 is 5.78 Å². The van der Waals surface area contributed by atoms with Crippen LogP contribution in [0.5, 0.6) is 0 Å². The van der Waals surface area contributed by atoms with Crippen LogP contribution < -0.4 is 0 Å². The zero-order valence-corrected chi connectivity index (χ0v) is 9.63. The molecule has 0 bridgehead atoms. The average molecular weight is 192 g/mol. The molecule has 1 aliphatic rings. The first-order valence-electron chi connectivity index (χ1n) is 5.21. The van der Waals surface area contributed by atoms with Crippen LogP contribution in [0, 0.1) is 0 Å². The summed E-state index contributed by atoms with van der Waals surface area (Å²) in [6.45, 7) is 7.72. The molecule has 0 aromatic carbocycles. The Morgan fingerprint density at radius 3 is 2.57 bits per heavy atom. The van der Waals surface area contributed by atoms with Gasteiger partial charge in [0, 0.05) is 6.42 Å². The molecular formula is C13H20O. The number of rotatable bonds is 2. The summed E-state index contributed by atoms with van der Waals surface area (Å²) in [4.78, 5) is 10.8. The standard InChI is InChI=1S/C11H14O.C2H6/c1-9-4-3-5-11(7-6-9)8-10(2)12;1-2/h3,5-7H,4,8H2,1-2H3;1-2H3. The lowest BCUT2D eigenvalue weighted by Crippen LogP contribution is -1.90. The van der Waals surface area contributed by atoms with Crippen molar-refractivity contribution in [2.75, 3.05) is 0 Å². The smallest absolute Gasteiger partial charge is 0.134 e. The lowest BCUT2D eigenvalue weighted by molar-refractivity contribution is -0.116. The van der Waals surface area contributed by atoms with Crippen LogP contribution in [0.25, 0.3) is 0 Å². The van der Waals surface area contributed by atoms with Crippen molar-refractivity contribution < 1.29 is 4.79 Å². The SMILES string of the molecule is CC.CC(=O)CC1=CC=C(C)CC=C1. The van der Waals surface area contributed by atoms with Crippen LogP contribution in [0.4, 0.5) is 0 Å². The molecule has 0 saturated heterocycles. The van der Waals surface area contributed by atoms with Gasteiger partial charge in [0.15, 0.2) is 0 Å². The highest BCUT2D eigenvalue weighted by Crippen LogP contribution is 2.12. The van der Waals surface area contributed by atoms with E-state index in [-0.39, 0.29) is 5.78 Å². The molecule has 14 heavy (non-hydrogen) atoms. The number of hydrogen-bond donors (Lipinski definition) is 0. The molecule has 1 rings (SSSR count). The van der Waals surface area contributed by atoms with Gasteiger partial charge in [0.1, 0.15) is 5.78 Å². The van der Waals surface area contributed by atoms with Gasteiger partial charge in [-0.15, -0.1) is 0 Å². The highest BCUT2D eigenvalue weighted by molar-refractivity contribution is 5.78. The van der Waals surface area contributed by atoms with Gasteiger partial charge in [-0.3, -0.25) is 4.79 Å². The van der Waals surface area contributed by atoms with Crippen molar-refractivity contribution in [1.82, 2.24) is 0 Å². The van der Waals surface area contributed by atoms with Crippen LogP contribution in [-0.2, 0) is 4.79 Å². The summed E-state index contributed by atoms with van der Waals surface area (Å²) in [5.74, 6) is 0.221. The van der Waals surface area contributed by atoms with Gasteiger partial charge in [-0.2, -0.15) is 0 Å². The number of allylic oxidation sites excluding steroid dienone is 6. The van der Waals surface area contributed by atoms with Gasteiger partial charge in [0.05, 0.1) is 0 Å². The molecule has 78 valence electrons. The second-order valence-electron chi connectivity index (χ2n) is 3.24. The zero-order valence-electron chi connectivity index (χ0n) is 9.63. The molecule has 0 fully saturated rings. The van der Waals surface area contributed by atoms with Crippen LogP contribution in [0.1, 0.15) is 40.5 Å². The van der Waals surface area contributed by atoms with Crippen LogP contribution in [0.3, 0.4) is 0 Å². The van der Waals surface area contributed by atoms with Crippen LogP contribution in [-0.4, -0.2) is 5.78 Å². The van der Waals surface area contributed by atoms with E-state index in [1.807, 2.05) is 26.0 Å². The minimum Gasteiger partial charge on any atom is -0.300 e. The molecule has 0 atom stereocenters. The Morgan fingerprint density at radius 1 is 1.36 bits per heavy atom. The molecule has 1 aliphatic carbocycles. The zero-order chi connectivity index (χ0) is 11.0. The fraction of sp³-hybridized carbons (Fsp3) is 0.462. The van der Waals surface area contributed by atoms with Gasteiger partial charge in [-0.05, 0) is 25.8 Å². The van der Waals surface area contributed by atoms with Gasteiger partial charge in [0.2, 0.25) is 0 Å². The topological polar surface area (TPSA) is 17.1 Å². The predicted molar refractivity (Wildman–Crippen MR) is 62.2 cm³/mol. The number of ketones is 1. The summed E-state index contributed by atoms with van der Waals surface area (Å²) in [6.07, 6.45) is 9.80. The molecule has 1 heteroatoms. The number of carbonyl (C=O) groups excluding carboxylic acids is 1. The largest absolute Gasteiger partial charge is 0.300 e. The summed E-state index contributed by atoms with van der Waals surface area (Å²) < 4.78 is 0. The Labute approximate surface area is 87.2 Å². The lowest BCUT2D eigenvalue weighted by Gasteiger charge is -1.94. The molecule has 0 N–H and O–H groups in total. The highest BCUT2D eigenvalue weighted by Gasteiger charge is 1.98. The van der Waals surface area contributed by atoms with Gasteiger partial charge in [-0.25, -0.2) is 0 Å². The van der Waals surface area contributed by atoms with Crippen LogP contribution in [0.15, 0.2) is 35.5 Å². The first-order chi connectivity index (χ1) is 6.68. The van der Waals surface area contributed by atoms with Crippen LogP contribution >= 0.6 is 0 Å². The number of hydrogen-bond acceptors (Lipinski definition) is 1. The van der Waals surface area contributed by atoms with Crippen molar-refractivity contribution in [3.8, 4) is 0 Å². The minimum absolute atomic E-state index is 0.221. The molecule has 0 spiro atoms. The van der Waals surface area contributed by atoms with E-state index in [4.69, 9.17) is 0 Å². The number of carbonyl (C=O) groups is 1. The van der Waals surface area contributed by atoms with Crippen molar-refractivity contribution in [2.45, 2.75) is 40.5 Å². The third kappa shape index (κ3) is 5.52. The Morgan fingerprint density at radius 2 is 2.00 bits per heavy atom. The third-order valence-corrected chi connectivity index (χ3v) is 1.81. The highest BCUT2D eigenvalue weighted by atomic mass is 16.1. The minimum atomic E-state index is 0.221. The monoisotopic (exact) mass is 192 g/mol. The maximum Gasteiger partial charge on any atom is 0.134 e. The van der Waals surface area contributed by atoms with E-state index in [1.165, 1.54) is 5.57 Å². The van der Waals surface area contributed by atoms with E-state index in [1.54, 1.807) is 6.92 Å². The second kappa shape index (κ2) is 7.31. The molecule has 0 unspecified atom stereocenters. The molecule has 1 nitrogen and oxygen atoms in total. The predicted octanol–water partition coefficient (Wildman–Crippen LogP) is 3.82. The van der Waals surface area contributed by atoms with E-state index in [2.05, 4.69) is 19.1 Å². The Balaban J connectivity index is 0.000000791. The van der Waals surface area contributed by atoms with Crippen molar-refractivity contribution in [3.05, 3.63) is 35.5 Å². The van der Waals surface area contributed by atoms with Crippen molar-refractivity contribution in [1.29, 1.82) is 0 Å². The quantitative estimate of drug-likeness (QED) is 0.650. The second-order valence-corrected chi connectivity index (χ2v) is 3.24. The Kier molecular flexibility index (Phi) is 6.73. The van der Waals surface area contributed by atoms with E-state index in [0.29, 0.717) is 6.42 Å². The Bertz CT molecular complexity index is 267. The number of Topliss-reactive ketones (excluding diaryl/α,β-unsaturated/α-hetero) is 1. The summed E-state index contributed by atoms with van der Waals surface area (Å²) >= 11 is 0. The molecule has 0 aromatic rings. The third-order valence-electron chi connectivity index (χ3n) is 1.81. The molecular weight excluding hydrogens is 172 g/mol. The molecule has 0 amide bonds. The molecule has 0 heterocycles. The molecule has 0 saturated carbocycles. The fourth-order valence-corrected chi connectivity index (χ4v) is 1.17. The Hall–Kier alpha value is -1.11.